The molecule has 0 radical (unpaired) electrons. The van der Waals surface area contributed by atoms with Gasteiger partial charge in [-0.2, -0.15) is 0 Å². The molecule has 0 aliphatic heterocycles. The molecule has 104 valence electrons. The van der Waals surface area contributed by atoms with Crippen LogP contribution in [-0.2, 0) is 6.42 Å². The number of aryl methyl sites for hydroxylation is 1. The monoisotopic (exact) mass is 265 g/mol. The SMILES string of the molecule is C=CC(CCc1ccccc1)C(C)Nc1ccccc1. The van der Waals surface area contributed by atoms with E-state index in [-0.39, 0.29) is 0 Å². The lowest BCUT2D eigenvalue weighted by Gasteiger charge is -2.23. The van der Waals surface area contributed by atoms with Crippen molar-refractivity contribution in [3.63, 3.8) is 0 Å². The molecule has 0 aliphatic rings. The molecule has 0 amide bonds. The zero-order valence-electron chi connectivity index (χ0n) is 12.1. The molecule has 20 heavy (non-hydrogen) atoms. The Morgan fingerprint density at radius 1 is 1.00 bits per heavy atom. The van der Waals surface area contributed by atoms with E-state index in [0.29, 0.717) is 12.0 Å². The van der Waals surface area contributed by atoms with Gasteiger partial charge < -0.3 is 5.32 Å². The quantitative estimate of drug-likeness (QED) is 0.700. The van der Waals surface area contributed by atoms with E-state index < -0.39 is 0 Å². The van der Waals surface area contributed by atoms with Crippen molar-refractivity contribution in [1.82, 2.24) is 0 Å². The van der Waals surface area contributed by atoms with Crippen LogP contribution in [0.15, 0.2) is 73.3 Å². The molecular weight excluding hydrogens is 242 g/mol. The van der Waals surface area contributed by atoms with E-state index in [4.69, 9.17) is 0 Å². The Morgan fingerprint density at radius 3 is 2.20 bits per heavy atom. The molecule has 2 unspecified atom stereocenters. The molecule has 0 spiro atoms. The van der Waals surface area contributed by atoms with Crippen LogP contribution in [0, 0.1) is 5.92 Å². The third-order valence-corrected chi connectivity index (χ3v) is 3.72. The van der Waals surface area contributed by atoms with Crippen LogP contribution in [0.2, 0.25) is 0 Å². The Balaban J connectivity index is 1.89. The molecule has 0 saturated heterocycles. The smallest absolute Gasteiger partial charge is 0.0342 e. The normalized spacial score (nSPS) is 13.4. The van der Waals surface area contributed by atoms with Gasteiger partial charge in [-0.05, 0) is 43.4 Å². The lowest BCUT2D eigenvalue weighted by molar-refractivity contribution is 0.524. The fraction of sp³-hybridized carbons (Fsp3) is 0.263. The summed E-state index contributed by atoms with van der Waals surface area (Å²) in [4.78, 5) is 0. The second-order valence-electron chi connectivity index (χ2n) is 5.22. The van der Waals surface area contributed by atoms with Gasteiger partial charge in [-0.1, -0.05) is 54.6 Å². The minimum Gasteiger partial charge on any atom is -0.382 e. The first-order valence-corrected chi connectivity index (χ1v) is 7.27. The van der Waals surface area contributed by atoms with Crippen LogP contribution in [0.25, 0.3) is 0 Å². The van der Waals surface area contributed by atoms with Gasteiger partial charge in [0.15, 0.2) is 0 Å². The topological polar surface area (TPSA) is 12.0 Å². The summed E-state index contributed by atoms with van der Waals surface area (Å²) in [6, 6.07) is 21.4. The lowest BCUT2D eigenvalue weighted by atomic mass is 9.93. The highest BCUT2D eigenvalue weighted by molar-refractivity contribution is 5.43. The molecule has 0 fully saturated rings. The zero-order valence-corrected chi connectivity index (χ0v) is 12.1. The summed E-state index contributed by atoms with van der Waals surface area (Å²) in [5.41, 5.74) is 2.57. The van der Waals surface area contributed by atoms with Crippen LogP contribution >= 0.6 is 0 Å². The van der Waals surface area contributed by atoms with Gasteiger partial charge in [0.05, 0.1) is 0 Å². The minimum atomic E-state index is 0.388. The van der Waals surface area contributed by atoms with Crippen LogP contribution in [0.4, 0.5) is 5.69 Å². The molecule has 1 N–H and O–H groups in total. The Kier molecular flexibility index (Phi) is 5.43. The molecule has 2 rings (SSSR count). The van der Waals surface area contributed by atoms with E-state index in [1.54, 1.807) is 0 Å². The highest BCUT2D eigenvalue weighted by Crippen LogP contribution is 2.18. The molecule has 0 heterocycles. The van der Waals surface area contributed by atoms with E-state index >= 15 is 0 Å². The predicted octanol–water partition coefficient (Wildman–Crippen LogP) is 4.92. The molecule has 0 aromatic heterocycles. The van der Waals surface area contributed by atoms with E-state index in [1.165, 1.54) is 11.3 Å². The zero-order chi connectivity index (χ0) is 14.2. The van der Waals surface area contributed by atoms with Gasteiger partial charge >= 0.3 is 0 Å². The summed E-state index contributed by atoms with van der Waals surface area (Å²) < 4.78 is 0. The Bertz CT molecular complexity index is 504. The van der Waals surface area contributed by atoms with Gasteiger partial charge in [0.25, 0.3) is 0 Å². The van der Waals surface area contributed by atoms with Crippen LogP contribution in [0.1, 0.15) is 18.9 Å². The van der Waals surface area contributed by atoms with Gasteiger partial charge in [-0.25, -0.2) is 0 Å². The van der Waals surface area contributed by atoms with Crippen molar-refractivity contribution in [3.8, 4) is 0 Å². The highest BCUT2D eigenvalue weighted by atomic mass is 14.9. The Labute approximate surface area is 122 Å². The molecule has 0 bridgehead atoms. The molecule has 1 nitrogen and oxygen atoms in total. The molecule has 2 atom stereocenters. The first kappa shape index (κ1) is 14.4. The number of hydrogen-bond donors (Lipinski definition) is 1. The average Bonchev–Trinajstić information content (AvgIpc) is 2.50. The summed E-state index contributed by atoms with van der Waals surface area (Å²) in [5, 5.41) is 3.56. The van der Waals surface area contributed by atoms with Crippen molar-refractivity contribution >= 4 is 5.69 Å². The van der Waals surface area contributed by atoms with Gasteiger partial charge in [0, 0.05) is 11.7 Å². The van der Waals surface area contributed by atoms with Gasteiger partial charge in [-0.15, -0.1) is 6.58 Å². The summed E-state index contributed by atoms with van der Waals surface area (Å²) in [6.45, 7) is 6.22. The van der Waals surface area contributed by atoms with E-state index in [2.05, 4.69) is 79.5 Å². The Hall–Kier alpha value is -2.02. The largest absolute Gasteiger partial charge is 0.382 e. The molecule has 2 aromatic rings. The summed E-state index contributed by atoms with van der Waals surface area (Å²) >= 11 is 0. The number of para-hydroxylation sites is 1. The number of rotatable bonds is 7. The third-order valence-electron chi connectivity index (χ3n) is 3.72. The first-order chi connectivity index (χ1) is 9.79. The van der Waals surface area contributed by atoms with Gasteiger partial charge in [-0.3, -0.25) is 0 Å². The van der Waals surface area contributed by atoms with Crippen LogP contribution in [0.5, 0.6) is 0 Å². The van der Waals surface area contributed by atoms with E-state index in [1.807, 2.05) is 6.07 Å². The molecule has 0 saturated carbocycles. The first-order valence-electron chi connectivity index (χ1n) is 7.27. The van der Waals surface area contributed by atoms with Crippen molar-refractivity contribution in [2.45, 2.75) is 25.8 Å². The summed E-state index contributed by atoms with van der Waals surface area (Å²) in [7, 11) is 0. The molecular formula is C19H23N. The third kappa shape index (κ3) is 4.27. The van der Waals surface area contributed by atoms with E-state index in [9.17, 15) is 0 Å². The van der Waals surface area contributed by atoms with Crippen LogP contribution in [-0.4, -0.2) is 6.04 Å². The molecule has 0 aliphatic carbocycles. The van der Waals surface area contributed by atoms with Crippen molar-refractivity contribution in [2.24, 2.45) is 5.92 Å². The summed E-state index contributed by atoms with van der Waals surface area (Å²) in [5.74, 6) is 0.468. The molecule has 2 aromatic carbocycles. The number of hydrogen-bond acceptors (Lipinski definition) is 1. The standard InChI is InChI=1S/C19H23N/c1-3-18(15-14-17-10-6-4-7-11-17)16(2)20-19-12-8-5-9-13-19/h3-13,16,18,20H,1,14-15H2,2H3. The average molecular weight is 265 g/mol. The van der Waals surface area contributed by atoms with Gasteiger partial charge in [0.1, 0.15) is 0 Å². The maximum atomic E-state index is 4.00. The van der Waals surface area contributed by atoms with E-state index in [0.717, 1.165) is 12.8 Å². The van der Waals surface area contributed by atoms with Crippen LogP contribution < -0.4 is 5.32 Å². The maximum Gasteiger partial charge on any atom is 0.0342 e. The summed E-state index contributed by atoms with van der Waals surface area (Å²) in [6.07, 6.45) is 4.29. The number of benzene rings is 2. The minimum absolute atomic E-state index is 0.388. The number of nitrogens with one attached hydrogen (secondary N) is 1. The Morgan fingerprint density at radius 2 is 1.60 bits per heavy atom. The maximum absolute atomic E-state index is 4.00. The van der Waals surface area contributed by atoms with Crippen molar-refractivity contribution in [2.75, 3.05) is 5.32 Å². The fourth-order valence-corrected chi connectivity index (χ4v) is 2.45. The van der Waals surface area contributed by atoms with Crippen molar-refractivity contribution in [1.29, 1.82) is 0 Å². The number of anilines is 1. The van der Waals surface area contributed by atoms with Crippen molar-refractivity contribution < 1.29 is 0 Å². The molecule has 1 heteroatoms. The predicted molar refractivity (Wildman–Crippen MR) is 88.0 cm³/mol. The lowest BCUT2D eigenvalue weighted by Crippen LogP contribution is -2.24. The van der Waals surface area contributed by atoms with Crippen molar-refractivity contribution in [3.05, 3.63) is 78.9 Å². The second-order valence-corrected chi connectivity index (χ2v) is 5.22. The highest BCUT2D eigenvalue weighted by Gasteiger charge is 2.13. The fourth-order valence-electron chi connectivity index (χ4n) is 2.45. The van der Waals surface area contributed by atoms with Gasteiger partial charge in [0.2, 0.25) is 0 Å². The second kappa shape index (κ2) is 7.54. The van der Waals surface area contributed by atoms with Crippen LogP contribution in [0.3, 0.4) is 0 Å².